The predicted molar refractivity (Wildman–Crippen MR) is 137 cm³/mol. The minimum atomic E-state index is -0.249. The zero-order chi connectivity index (χ0) is 25.7. The lowest BCUT2D eigenvalue weighted by atomic mass is 10.1. The Morgan fingerprint density at radius 3 is 2.25 bits per heavy atom. The van der Waals surface area contributed by atoms with Gasteiger partial charge in [0.15, 0.2) is 0 Å². The van der Waals surface area contributed by atoms with Gasteiger partial charge in [-0.25, -0.2) is 4.79 Å². The lowest BCUT2D eigenvalue weighted by molar-refractivity contribution is 0.0668. The van der Waals surface area contributed by atoms with Crippen LogP contribution in [0.3, 0.4) is 0 Å². The fraction of sp³-hybridized carbons (Fsp3) is 0.444. The third-order valence-electron chi connectivity index (χ3n) is 6.92. The number of urea groups is 1. The summed E-state index contributed by atoms with van der Waals surface area (Å²) in [5.41, 5.74) is 2.48. The Morgan fingerprint density at radius 2 is 1.58 bits per heavy atom. The summed E-state index contributed by atoms with van der Waals surface area (Å²) in [6, 6.07) is 10.4. The van der Waals surface area contributed by atoms with Crippen LogP contribution in [0.15, 0.2) is 36.4 Å². The van der Waals surface area contributed by atoms with E-state index in [0.29, 0.717) is 54.5 Å². The Balaban J connectivity index is 1.35. The number of nitrogens with one attached hydrogen (secondary N) is 2. The zero-order valence-corrected chi connectivity index (χ0v) is 21.1. The molecule has 192 valence electrons. The third-order valence-corrected chi connectivity index (χ3v) is 6.92. The van der Waals surface area contributed by atoms with Gasteiger partial charge in [0, 0.05) is 49.5 Å². The molecule has 0 unspecified atom stereocenters. The van der Waals surface area contributed by atoms with Crippen LogP contribution in [-0.2, 0) is 0 Å². The number of hydrogen-bond donors (Lipinski definition) is 2. The molecule has 4 rings (SSSR count). The molecule has 2 aromatic rings. The Hall–Kier alpha value is -3.75. The van der Waals surface area contributed by atoms with Crippen molar-refractivity contribution < 1.29 is 23.9 Å². The first-order valence-electron chi connectivity index (χ1n) is 12.4. The molecule has 1 heterocycles. The quantitative estimate of drug-likeness (QED) is 0.638. The third kappa shape index (κ3) is 5.72. The zero-order valence-electron chi connectivity index (χ0n) is 21.1. The first-order valence-corrected chi connectivity index (χ1v) is 12.4. The van der Waals surface area contributed by atoms with Crippen LogP contribution in [-0.4, -0.2) is 74.1 Å². The van der Waals surface area contributed by atoms with E-state index in [9.17, 15) is 14.4 Å². The van der Waals surface area contributed by atoms with E-state index < -0.39 is 0 Å². The first-order chi connectivity index (χ1) is 17.4. The van der Waals surface area contributed by atoms with Crippen molar-refractivity contribution in [1.82, 2.24) is 15.1 Å². The van der Waals surface area contributed by atoms with E-state index in [1.807, 2.05) is 13.0 Å². The summed E-state index contributed by atoms with van der Waals surface area (Å²) in [5.74, 6) is 0.803. The predicted octanol–water partition coefficient (Wildman–Crippen LogP) is 3.67. The molecule has 1 aliphatic carbocycles. The van der Waals surface area contributed by atoms with Crippen molar-refractivity contribution in [2.45, 2.75) is 38.6 Å². The number of hydrogen-bond acceptors (Lipinski definition) is 5. The number of amides is 4. The molecule has 0 aromatic heterocycles. The van der Waals surface area contributed by atoms with Gasteiger partial charge >= 0.3 is 6.03 Å². The molecule has 1 aliphatic heterocycles. The Labute approximate surface area is 211 Å². The standard InChI is InChI=1S/C27H34N4O5/c1-18-8-9-19(25(32)28-20-6-4-5-7-20)16-23(18)29-27(34)31-14-12-30(13-15-31)26(33)22-11-10-21(35-2)17-24(22)36-3/h8-11,16-17,20H,4-7,12-15H2,1-3H3,(H,28,32)(H,29,34). The molecule has 1 saturated carbocycles. The van der Waals surface area contributed by atoms with Gasteiger partial charge in [0.25, 0.3) is 11.8 Å². The summed E-state index contributed by atoms with van der Waals surface area (Å²) in [7, 11) is 3.08. The molecule has 36 heavy (non-hydrogen) atoms. The van der Waals surface area contributed by atoms with E-state index in [1.165, 1.54) is 7.11 Å². The normalized spacial score (nSPS) is 16.0. The number of nitrogens with zero attached hydrogens (tertiary/aromatic N) is 2. The van der Waals surface area contributed by atoms with E-state index in [0.717, 1.165) is 31.2 Å². The highest BCUT2D eigenvalue weighted by Crippen LogP contribution is 2.26. The summed E-state index contributed by atoms with van der Waals surface area (Å²) >= 11 is 0. The molecular weight excluding hydrogens is 460 g/mol. The molecule has 2 fully saturated rings. The topological polar surface area (TPSA) is 100 Å². The Morgan fingerprint density at radius 1 is 0.889 bits per heavy atom. The van der Waals surface area contributed by atoms with Gasteiger partial charge in [-0.2, -0.15) is 0 Å². The number of carbonyl (C=O) groups is 3. The van der Waals surface area contributed by atoms with Crippen molar-refractivity contribution >= 4 is 23.5 Å². The highest BCUT2D eigenvalue weighted by Gasteiger charge is 2.27. The van der Waals surface area contributed by atoms with E-state index >= 15 is 0 Å². The van der Waals surface area contributed by atoms with Crippen LogP contribution in [0.25, 0.3) is 0 Å². The van der Waals surface area contributed by atoms with Crippen molar-refractivity contribution in [2.24, 2.45) is 0 Å². The monoisotopic (exact) mass is 494 g/mol. The minimum absolute atomic E-state index is 0.113. The van der Waals surface area contributed by atoms with Crippen LogP contribution in [0.5, 0.6) is 11.5 Å². The summed E-state index contributed by atoms with van der Waals surface area (Å²) < 4.78 is 10.6. The number of carbonyl (C=O) groups excluding carboxylic acids is 3. The fourth-order valence-corrected chi connectivity index (χ4v) is 4.69. The van der Waals surface area contributed by atoms with Gasteiger partial charge in [-0.3, -0.25) is 9.59 Å². The van der Waals surface area contributed by atoms with Gasteiger partial charge in [0.05, 0.1) is 19.8 Å². The second kappa shape index (κ2) is 11.3. The van der Waals surface area contributed by atoms with Crippen LogP contribution >= 0.6 is 0 Å². The van der Waals surface area contributed by atoms with E-state index in [1.54, 1.807) is 47.2 Å². The first kappa shape index (κ1) is 25.3. The minimum Gasteiger partial charge on any atom is -0.497 e. The van der Waals surface area contributed by atoms with Crippen molar-refractivity contribution in [3.8, 4) is 11.5 Å². The maximum atomic E-state index is 13.1. The maximum absolute atomic E-state index is 13.1. The highest BCUT2D eigenvalue weighted by molar-refractivity contribution is 5.98. The molecule has 0 spiro atoms. The molecule has 9 nitrogen and oxygen atoms in total. The number of rotatable bonds is 6. The highest BCUT2D eigenvalue weighted by atomic mass is 16.5. The van der Waals surface area contributed by atoms with E-state index in [2.05, 4.69) is 10.6 Å². The molecule has 0 atom stereocenters. The van der Waals surface area contributed by atoms with Crippen LogP contribution in [0.1, 0.15) is 52.0 Å². The summed E-state index contributed by atoms with van der Waals surface area (Å²) in [6.07, 6.45) is 4.32. The second-order valence-electron chi connectivity index (χ2n) is 9.26. The summed E-state index contributed by atoms with van der Waals surface area (Å²) in [4.78, 5) is 42.1. The average Bonchev–Trinajstić information content (AvgIpc) is 3.42. The van der Waals surface area contributed by atoms with Crippen molar-refractivity contribution in [3.63, 3.8) is 0 Å². The molecule has 0 bridgehead atoms. The number of benzene rings is 2. The van der Waals surface area contributed by atoms with Crippen LogP contribution in [0.2, 0.25) is 0 Å². The van der Waals surface area contributed by atoms with Gasteiger partial charge in [0.2, 0.25) is 0 Å². The maximum Gasteiger partial charge on any atom is 0.321 e. The van der Waals surface area contributed by atoms with Crippen LogP contribution in [0, 0.1) is 6.92 Å². The van der Waals surface area contributed by atoms with Gasteiger partial charge in [-0.15, -0.1) is 0 Å². The number of piperazine rings is 1. The smallest absolute Gasteiger partial charge is 0.321 e. The molecule has 2 aliphatic rings. The van der Waals surface area contributed by atoms with Crippen molar-refractivity contribution in [2.75, 3.05) is 45.7 Å². The molecule has 2 N–H and O–H groups in total. The molecule has 1 saturated heterocycles. The Bertz CT molecular complexity index is 1120. The van der Waals surface area contributed by atoms with Gasteiger partial charge < -0.3 is 29.9 Å². The lowest BCUT2D eigenvalue weighted by Crippen LogP contribution is -2.51. The number of anilines is 1. The SMILES string of the molecule is COc1ccc(C(=O)N2CCN(C(=O)Nc3cc(C(=O)NC4CCCC4)ccc3C)CC2)c(OC)c1. The molecule has 2 aromatic carbocycles. The van der Waals surface area contributed by atoms with Crippen LogP contribution in [0.4, 0.5) is 10.5 Å². The van der Waals surface area contributed by atoms with Crippen molar-refractivity contribution in [1.29, 1.82) is 0 Å². The number of ether oxygens (including phenoxy) is 2. The van der Waals surface area contributed by atoms with E-state index in [4.69, 9.17) is 9.47 Å². The Kier molecular flexibility index (Phi) is 7.97. The van der Waals surface area contributed by atoms with Crippen molar-refractivity contribution in [3.05, 3.63) is 53.1 Å². The lowest BCUT2D eigenvalue weighted by Gasteiger charge is -2.35. The van der Waals surface area contributed by atoms with Crippen LogP contribution < -0.4 is 20.1 Å². The van der Waals surface area contributed by atoms with Gasteiger partial charge in [-0.1, -0.05) is 18.9 Å². The molecule has 4 amide bonds. The average molecular weight is 495 g/mol. The van der Waals surface area contributed by atoms with Gasteiger partial charge in [0.1, 0.15) is 11.5 Å². The molecular formula is C27H34N4O5. The summed E-state index contributed by atoms with van der Waals surface area (Å²) in [6.45, 7) is 3.51. The number of aryl methyl sites for hydroxylation is 1. The fourth-order valence-electron chi connectivity index (χ4n) is 4.69. The molecule has 9 heteroatoms. The second-order valence-corrected chi connectivity index (χ2v) is 9.26. The van der Waals surface area contributed by atoms with Gasteiger partial charge in [-0.05, 0) is 49.6 Å². The largest absolute Gasteiger partial charge is 0.497 e. The number of methoxy groups -OCH3 is 2. The summed E-state index contributed by atoms with van der Waals surface area (Å²) in [5, 5.41) is 6.03. The molecule has 0 radical (unpaired) electrons. The van der Waals surface area contributed by atoms with E-state index in [-0.39, 0.29) is 23.9 Å².